The average molecular weight is 253 g/mol. The second-order valence-electron chi connectivity index (χ2n) is 4.50. The minimum atomic E-state index is -0.233. The minimum Gasteiger partial charge on any atom is -0.509 e. The number of hydrogen-bond donors (Lipinski definition) is 1. The summed E-state index contributed by atoms with van der Waals surface area (Å²) in [5.41, 5.74) is 0. The Morgan fingerprint density at radius 1 is 1.44 bits per heavy atom. The largest absolute Gasteiger partial charge is 0.509 e. The van der Waals surface area contributed by atoms with Crippen LogP contribution in [-0.2, 0) is 9.59 Å². The molecule has 1 atom stereocenters. The van der Waals surface area contributed by atoms with Crippen LogP contribution in [0, 0.1) is 5.92 Å². The minimum absolute atomic E-state index is 0.0275. The molecule has 4 heteroatoms. The molecule has 0 saturated carbocycles. The number of rotatable bonds is 8. The van der Waals surface area contributed by atoms with Gasteiger partial charge in [0.25, 0.3) is 0 Å². The van der Waals surface area contributed by atoms with Crippen molar-refractivity contribution in [3.63, 3.8) is 0 Å². The van der Waals surface area contributed by atoms with Gasteiger partial charge in [0.1, 0.15) is 11.5 Å². The van der Waals surface area contributed by atoms with Crippen molar-refractivity contribution in [1.82, 2.24) is 4.90 Å². The molecule has 102 valence electrons. The number of likely N-dealkylation sites (N-methyl/N-ethyl adjacent to an activating group) is 1. The lowest BCUT2D eigenvalue weighted by Crippen LogP contribution is -2.34. The van der Waals surface area contributed by atoms with Crippen LogP contribution in [0.25, 0.3) is 0 Å². The number of ketones is 1. The molecule has 0 aromatic carbocycles. The number of Topliss-reactive ketones (excluding diaryl/α,β-unsaturated/α-hetero) is 1. The van der Waals surface area contributed by atoms with Crippen LogP contribution in [0.15, 0.2) is 24.5 Å². The first-order chi connectivity index (χ1) is 8.38. The molecule has 0 aliphatic heterocycles. The fourth-order valence-electron chi connectivity index (χ4n) is 1.76. The fourth-order valence-corrected chi connectivity index (χ4v) is 1.76. The smallest absolute Gasteiger partial charge is 0.226 e. The van der Waals surface area contributed by atoms with Crippen molar-refractivity contribution in [1.29, 1.82) is 0 Å². The number of aliphatic hydroxyl groups is 1. The van der Waals surface area contributed by atoms with Gasteiger partial charge in [-0.25, -0.2) is 0 Å². The molecule has 0 aromatic heterocycles. The zero-order chi connectivity index (χ0) is 14.1. The summed E-state index contributed by atoms with van der Waals surface area (Å²) < 4.78 is 0. The van der Waals surface area contributed by atoms with Gasteiger partial charge in [0, 0.05) is 25.9 Å². The van der Waals surface area contributed by atoms with Crippen LogP contribution < -0.4 is 0 Å². The molecular weight excluding hydrogens is 230 g/mol. The van der Waals surface area contributed by atoms with E-state index < -0.39 is 0 Å². The Morgan fingerprint density at radius 3 is 2.50 bits per heavy atom. The number of carbonyl (C=O) groups is 2. The number of nitrogens with zero attached hydrogens (tertiary/aromatic N) is 1. The SMILES string of the molecule is C=C(O)/C=C/CN(C)C(=O)[C@H](CCC)CC(C)=O. The molecule has 1 amide bonds. The Morgan fingerprint density at radius 2 is 2.06 bits per heavy atom. The molecule has 0 spiro atoms. The molecule has 0 radical (unpaired) electrons. The van der Waals surface area contributed by atoms with Gasteiger partial charge in [-0.3, -0.25) is 4.79 Å². The Bertz CT molecular complexity index is 334. The number of hydrogen-bond acceptors (Lipinski definition) is 3. The van der Waals surface area contributed by atoms with Crippen molar-refractivity contribution in [3.8, 4) is 0 Å². The third kappa shape index (κ3) is 6.89. The lowest BCUT2D eigenvalue weighted by molar-refractivity contribution is -0.136. The Balaban J connectivity index is 4.45. The number of carbonyl (C=O) groups excluding carboxylic acids is 2. The molecule has 18 heavy (non-hydrogen) atoms. The summed E-state index contributed by atoms with van der Waals surface area (Å²) >= 11 is 0. The van der Waals surface area contributed by atoms with E-state index in [4.69, 9.17) is 5.11 Å². The zero-order valence-corrected chi connectivity index (χ0v) is 11.5. The summed E-state index contributed by atoms with van der Waals surface area (Å²) in [6.07, 6.45) is 5.01. The lowest BCUT2D eigenvalue weighted by Gasteiger charge is -2.21. The van der Waals surface area contributed by atoms with E-state index in [-0.39, 0.29) is 23.4 Å². The van der Waals surface area contributed by atoms with Gasteiger partial charge in [0.2, 0.25) is 5.91 Å². The van der Waals surface area contributed by atoms with E-state index in [2.05, 4.69) is 6.58 Å². The van der Waals surface area contributed by atoms with Crippen LogP contribution in [0.4, 0.5) is 0 Å². The third-order valence-electron chi connectivity index (χ3n) is 2.59. The Labute approximate surface area is 109 Å². The molecule has 0 aliphatic carbocycles. The molecule has 0 saturated heterocycles. The van der Waals surface area contributed by atoms with E-state index >= 15 is 0 Å². The van der Waals surface area contributed by atoms with Crippen LogP contribution in [0.1, 0.15) is 33.1 Å². The van der Waals surface area contributed by atoms with Crippen molar-refractivity contribution in [2.75, 3.05) is 13.6 Å². The van der Waals surface area contributed by atoms with E-state index in [0.717, 1.165) is 12.8 Å². The van der Waals surface area contributed by atoms with E-state index in [0.29, 0.717) is 13.0 Å². The van der Waals surface area contributed by atoms with Crippen LogP contribution in [0.3, 0.4) is 0 Å². The highest BCUT2D eigenvalue weighted by Gasteiger charge is 2.21. The molecule has 1 N–H and O–H groups in total. The molecule has 0 heterocycles. The highest BCUT2D eigenvalue weighted by molar-refractivity contribution is 5.85. The molecule has 0 aromatic rings. The summed E-state index contributed by atoms with van der Waals surface area (Å²) in [4.78, 5) is 24.8. The third-order valence-corrected chi connectivity index (χ3v) is 2.59. The Hall–Kier alpha value is -1.58. The van der Waals surface area contributed by atoms with Gasteiger partial charge in [0.05, 0.1) is 0 Å². The molecular formula is C14H23NO3. The molecule has 0 rings (SSSR count). The number of amides is 1. The highest BCUT2D eigenvalue weighted by Crippen LogP contribution is 2.14. The van der Waals surface area contributed by atoms with Crippen molar-refractivity contribution in [2.45, 2.75) is 33.1 Å². The standard InChI is InChI=1S/C14H23NO3/c1-5-7-13(10-12(3)17)14(18)15(4)9-6-8-11(2)16/h6,8,13,16H,2,5,7,9-10H2,1,3-4H3/b8-6+/t13-/m1/s1. The van der Waals surface area contributed by atoms with Crippen LogP contribution >= 0.6 is 0 Å². The van der Waals surface area contributed by atoms with E-state index in [1.165, 1.54) is 13.0 Å². The van der Waals surface area contributed by atoms with Gasteiger partial charge < -0.3 is 14.8 Å². The van der Waals surface area contributed by atoms with Crippen molar-refractivity contribution in [2.24, 2.45) is 5.92 Å². The normalized spacial score (nSPS) is 12.4. The van der Waals surface area contributed by atoms with Crippen LogP contribution in [0.5, 0.6) is 0 Å². The summed E-state index contributed by atoms with van der Waals surface area (Å²) in [5.74, 6) is -0.261. The summed E-state index contributed by atoms with van der Waals surface area (Å²) in [6.45, 7) is 7.22. The second kappa shape index (κ2) is 8.50. The van der Waals surface area contributed by atoms with Crippen molar-refractivity contribution >= 4 is 11.7 Å². The molecule has 0 fully saturated rings. The second-order valence-corrected chi connectivity index (χ2v) is 4.50. The van der Waals surface area contributed by atoms with Crippen molar-refractivity contribution < 1.29 is 14.7 Å². The van der Waals surface area contributed by atoms with Crippen LogP contribution in [-0.4, -0.2) is 35.3 Å². The topological polar surface area (TPSA) is 57.6 Å². The number of aliphatic hydroxyl groups excluding tert-OH is 1. The lowest BCUT2D eigenvalue weighted by atomic mass is 9.96. The zero-order valence-electron chi connectivity index (χ0n) is 11.5. The molecule has 0 bridgehead atoms. The van der Waals surface area contributed by atoms with Gasteiger partial charge in [-0.05, 0) is 19.4 Å². The molecule has 0 unspecified atom stereocenters. The summed E-state index contributed by atoms with van der Waals surface area (Å²) in [5, 5.41) is 8.89. The maximum atomic E-state index is 12.1. The average Bonchev–Trinajstić information content (AvgIpc) is 2.26. The predicted molar refractivity (Wildman–Crippen MR) is 72.2 cm³/mol. The summed E-state index contributed by atoms with van der Waals surface area (Å²) in [6, 6.07) is 0. The number of allylic oxidation sites excluding steroid dienone is 1. The van der Waals surface area contributed by atoms with Gasteiger partial charge in [-0.1, -0.05) is 26.0 Å². The Kier molecular flexibility index (Phi) is 7.76. The van der Waals surface area contributed by atoms with Gasteiger partial charge in [-0.15, -0.1) is 0 Å². The fraction of sp³-hybridized carbons (Fsp3) is 0.571. The van der Waals surface area contributed by atoms with E-state index in [1.807, 2.05) is 6.92 Å². The first-order valence-electron chi connectivity index (χ1n) is 6.17. The monoisotopic (exact) mass is 253 g/mol. The van der Waals surface area contributed by atoms with Crippen molar-refractivity contribution in [3.05, 3.63) is 24.5 Å². The molecule has 0 aliphatic rings. The quantitative estimate of drug-likeness (QED) is 0.534. The maximum Gasteiger partial charge on any atom is 0.226 e. The first-order valence-corrected chi connectivity index (χ1v) is 6.17. The first kappa shape index (κ1) is 16.4. The van der Waals surface area contributed by atoms with Gasteiger partial charge in [-0.2, -0.15) is 0 Å². The maximum absolute atomic E-state index is 12.1. The highest BCUT2D eigenvalue weighted by atomic mass is 16.3. The van der Waals surface area contributed by atoms with Gasteiger partial charge in [0.15, 0.2) is 0 Å². The molecule has 4 nitrogen and oxygen atoms in total. The predicted octanol–water partition coefficient (Wildman–Crippen LogP) is 2.47. The summed E-state index contributed by atoms with van der Waals surface area (Å²) in [7, 11) is 1.69. The van der Waals surface area contributed by atoms with Crippen LogP contribution in [0.2, 0.25) is 0 Å². The van der Waals surface area contributed by atoms with E-state index in [9.17, 15) is 9.59 Å². The van der Waals surface area contributed by atoms with Gasteiger partial charge >= 0.3 is 0 Å². The van der Waals surface area contributed by atoms with E-state index in [1.54, 1.807) is 18.0 Å².